The van der Waals surface area contributed by atoms with E-state index in [4.69, 9.17) is 11.6 Å². The fourth-order valence-electron chi connectivity index (χ4n) is 3.13. The van der Waals surface area contributed by atoms with Gasteiger partial charge in [0.15, 0.2) is 0 Å². The number of alkyl halides is 3. The van der Waals surface area contributed by atoms with Gasteiger partial charge in [-0.2, -0.15) is 13.2 Å². The third-order valence-corrected chi connectivity index (χ3v) is 6.47. The molecule has 1 amide bonds. The number of rotatable bonds is 5. The van der Waals surface area contributed by atoms with Crippen molar-refractivity contribution in [1.29, 1.82) is 0 Å². The number of amidine groups is 1. The first-order chi connectivity index (χ1) is 15.5. The van der Waals surface area contributed by atoms with Gasteiger partial charge in [-0.3, -0.25) is 14.5 Å². The van der Waals surface area contributed by atoms with Crippen molar-refractivity contribution in [2.45, 2.75) is 36.8 Å². The quantitative estimate of drug-likeness (QED) is 0.550. The van der Waals surface area contributed by atoms with Gasteiger partial charge in [-0.05, 0) is 54.8 Å². The number of hydrogen-bond donors (Lipinski definition) is 2. The molecule has 0 unspecified atom stereocenters. The van der Waals surface area contributed by atoms with Crippen LogP contribution in [0.15, 0.2) is 58.4 Å². The van der Waals surface area contributed by atoms with Gasteiger partial charge < -0.3 is 5.32 Å². The lowest BCUT2D eigenvalue weighted by Crippen LogP contribution is -2.30. The molecular weight excluding hydrogens is 479 g/mol. The number of nitrogens with one attached hydrogen (secondary N) is 2. The zero-order valence-electron chi connectivity index (χ0n) is 17.3. The van der Waals surface area contributed by atoms with E-state index in [1.54, 1.807) is 0 Å². The normalized spacial score (nSPS) is 15.1. The Morgan fingerprint density at radius 2 is 1.88 bits per heavy atom. The molecule has 0 aromatic heterocycles. The Hall–Kier alpha value is -2.85. The van der Waals surface area contributed by atoms with Crippen LogP contribution < -0.4 is 10.0 Å². The molecule has 0 saturated carbocycles. The van der Waals surface area contributed by atoms with Crippen molar-refractivity contribution in [3.8, 4) is 0 Å². The van der Waals surface area contributed by atoms with Gasteiger partial charge in [-0.15, -0.1) is 0 Å². The number of halogens is 4. The second-order valence-corrected chi connectivity index (χ2v) is 9.42. The van der Waals surface area contributed by atoms with E-state index in [-0.39, 0.29) is 16.1 Å². The van der Waals surface area contributed by atoms with Crippen LogP contribution in [-0.4, -0.2) is 26.7 Å². The van der Waals surface area contributed by atoms with Crippen LogP contribution in [0.5, 0.6) is 0 Å². The summed E-state index contributed by atoms with van der Waals surface area (Å²) in [5, 5.41) is 2.06. The van der Waals surface area contributed by atoms with Gasteiger partial charge in [0, 0.05) is 24.7 Å². The molecule has 2 aromatic rings. The Labute approximate surface area is 194 Å². The fourth-order valence-corrected chi connectivity index (χ4v) is 4.49. The third-order valence-electron chi connectivity index (χ3n) is 4.76. The van der Waals surface area contributed by atoms with E-state index in [1.807, 2.05) is 0 Å². The molecule has 1 heterocycles. The van der Waals surface area contributed by atoms with Gasteiger partial charge in [-0.25, -0.2) is 8.42 Å². The van der Waals surface area contributed by atoms with Crippen molar-refractivity contribution in [2.24, 2.45) is 4.99 Å². The summed E-state index contributed by atoms with van der Waals surface area (Å²) < 4.78 is 66.8. The molecule has 1 aliphatic heterocycles. The molecule has 176 valence electrons. The van der Waals surface area contributed by atoms with Gasteiger partial charge in [0.1, 0.15) is 5.84 Å². The zero-order valence-corrected chi connectivity index (χ0v) is 18.9. The highest BCUT2D eigenvalue weighted by molar-refractivity contribution is 7.90. The average Bonchev–Trinajstić information content (AvgIpc) is 3.01. The molecule has 0 spiro atoms. The lowest BCUT2D eigenvalue weighted by Gasteiger charge is -2.11. The second kappa shape index (κ2) is 10.4. The minimum Gasteiger partial charge on any atom is -0.322 e. The molecule has 6 nitrogen and oxygen atoms in total. The van der Waals surface area contributed by atoms with Crippen LogP contribution in [0.25, 0.3) is 6.08 Å². The van der Waals surface area contributed by atoms with Crippen LogP contribution in [0.2, 0.25) is 5.02 Å². The van der Waals surface area contributed by atoms with Crippen LogP contribution >= 0.6 is 11.6 Å². The van der Waals surface area contributed by atoms with Crippen molar-refractivity contribution < 1.29 is 26.4 Å². The zero-order chi connectivity index (χ0) is 24.1. The van der Waals surface area contributed by atoms with Gasteiger partial charge in [0.2, 0.25) is 5.91 Å². The highest BCUT2D eigenvalue weighted by atomic mass is 35.5. The fraction of sp³-hybridized carbons (Fsp3) is 0.273. The van der Waals surface area contributed by atoms with Gasteiger partial charge >= 0.3 is 6.18 Å². The van der Waals surface area contributed by atoms with Crippen molar-refractivity contribution in [3.05, 3.63) is 64.7 Å². The smallest absolute Gasteiger partial charge is 0.322 e. The Bertz CT molecular complexity index is 1190. The minimum absolute atomic E-state index is 0.0521. The Morgan fingerprint density at radius 1 is 1.09 bits per heavy atom. The maximum absolute atomic E-state index is 13.0. The topological polar surface area (TPSA) is 87.6 Å². The summed E-state index contributed by atoms with van der Waals surface area (Å²) in [5.74, 6) is -0.236. The number of amides is 1. The van der Waals surface area contributed by atoms with E-state index >= 15 is 0 Å². The summed E-state index contributed by atoms with van der Waals surface area (Å²) in [5.41, 5.74) is -0.663. The Morgan fingerprint density at radius 3 is 2.64 bits per heavy atom. The minimum atomic E-state index is -4.62. The maximum Gasteiger partial charge on any atom is 0.417 e. The first kappa shape index (κ1) is 24.8. The monoisotopic (exact) mass is 499 g/mol. The Kier molecular flexibility index (Phi) is 7.80. The van der Waals surface area contributed by atoms with Crippen LogP contribution in [0.1, 0.15) is 36.8 Å². The van der Waals surface area contributed by atoms with E-state index in [9.17, 15) is 26.4 Å². The molecule has 0 aliphatic carbocycles. The molecule has 2 aromatic carbocycles. The van der Waals surface area contributed by atoms with Crippen molar-refractivity contribution >= 4 is 45.1 Å². The van der Waals surface area contributed by atoms with Crippen LogP contribution in [-0.2, 0) is 21.0 Å². The predicted molar refractivity (Wildman–Crippen MR) is 122 cm³/mol. The Balaban J connectivity index is 1.70. The van der Waals surface area contributed by atoms with E-state index < -0.39 is 32.7 Å². The summed E-state index contributed by atoms with van der Waals surface area (Å²) in [6.07, 6.45) is 0.913. The average molecular weight is 500 g/mol. The van der Waals surface area contributed by atoms with E-state index in [0.29, 0.717) is 18.8 Å². The van der Waals surface area contributed by atoms with Crippen molar-refractivity contribution in [1.82, 2.24) is 4.72 Å². The van der Waals surface area contributed by atoms with Gasteiger partial charge in [0.25, 0.3) is 10.0 Å². The second-order valence-electron chi connectivity index (χ2n) is 7.33. The number of sulfonamides is 1. The highest BCUT2D eigenvalue weighted by Gasteiger charge is 2.33. The summed E-state index contributed by atoms with van der Waals surface area (Å²) in [7, 11) is -3.88. The van der Waals surface area contributed by atoms with Crippen LogP contribution in [0, 0.1) is 0 Å². The van der Waals surface area contributed by atoms with Gasteiger partial charge in [-0.1, -0.05) is 30.2 Å². The number of hydrogen-bond acceptors (Lipinski definition) is 4. The van der Waals surface area contributed by atoms with E-state index in [0.717, 1.165) is 37.5 Å². The van der Waals surface area contributed by atoms with Gasteiger partial charge in [0.05, 0.1) is 15.5 Å². The van der Waals surface area contributed by atoms with E-state index in [2.05, 4.69) is 15.0 Å². The molecule has 1 aliphatic rings. The number of carbonyl (C=O) groups is 1. The maximum atomic E-state index is 13.0. The van der Waals surface area contributed by atoms with Crippen LogP contribution in [0.3, 0.4) is 0 Å². The molecule has 3 rings (SSSR count). The number of carbonyl (C=O) groups excluding carboxylic acids is 1. The third kappa shape index (κ3) is 7.06. The number of nitrogens with zero attached hydrogens (tertiary/aromatic N) is 1. The summed E-state index contributed by atoms with van der Waals surface area (Å²) >= 11 is 5.59. The molecule has 33 heavy (non-hydrogen) atoms. The number of anilines is 1. The molecule has 0 bridgehead atoms. The van der Waals surface area contributed by atoms with Crippen molar-refractivity contribution in [3.63, 3.8) is 0 Å². The largest absolute Gasteiger partial charge is 0.417 e. The SMILES string of the molecule is O=C(/C=C/c1ccc(Cl)c(C(F)(F)F)c1)Nc1cccc(S(=O)(=O)NC2=NCCCCC2)c1. The first-order valence-electron chi connectivity index (χ1n) is 10.1. The summed E-state index contributed by atoms with van der Waals surface area (Å²) in [6.45, 7) is 0.568. The summed E-state index contributed by atoms with van der Waals surface area (Å²) in [4.78, 5) is 16.4. The number of benzene rings is 2. The predicted octanol–water partition coefficient (Wildman–Crippen LogP) is 5.26. The van der Waals surface area contributed by atoms with Crippen LogP contribution in [0.4, 0.5) is 18.9 Å². The summed E-state index contributed by atoms with van der Waals surface area (Å²) in [6, 6.07) is 8.92. The molecule has 2 N–H and O–H groups in total. The first-order valence-corrected chi connectivity index (χ1v) is 11.9. The lowest BCUT2D eigenvalue weighted by molar-refractivity contribution is -0.137. The molecule has 0 radical (unpaired) electrons. The molecule has 0 atom stereocenters. The molecule has 0 fully saturated rings. The molecule has 11 heteroatoms. The molecule has 0 saturated heterocycles. The molecular formula is C22H21ClF3N3O3S. The lowest BCUT2D eigenvalue weighted by atomic mass is 10.1. The van der Waals surface area contributed by atoms with Crippen molar-refractivity contribution in [2.75, 3.05) is 11.9 Å². The van der Waals surface area contributed by atoms with E-state index in [1.165, 1.54) is 36.4 Å². The standard InChI is InChI=1S/C22H21ClF3N3O3S/c23-19-10-8-15(13-18(19)22(24,25)26)9-11-21(30)28-16-5-4-6-17(14-16)33(31,32)29-20-7-2-1-3-12-27-20/h4-6,8-11,13-14H,1-3,7,12H2,(H,27,29)(H,28,30)/b11-9+. The highest BCUT2D eigenvalue weighted by Crippen LogP contribution is 2.35. The number of aliphatic imine (C=N–C) groups is 1.